The maximum atomic E-state index is 14.4. The molecule has 5 unspecified atom stereocenters. The van der Waals surface area contributed by atoms with E-state index in [-0.39, 0.29) is 68.5 Å². The summed E-state index contributed by atoms with van der Waals surface area (Å²) >= 11 is 0. The summed E-state index contributed by atoms with van der Waals surface area (Å²) in [5, 5.41) is 4.70. The number of nitrogens with one attached hydrogen (secondary N) is 2. The minimum atomic E-state index is -4.04. The Labute approximate surface area is 325 Å². The molecule has 5 aliphatic rings. The molecule has 1 aromatic carbocycles. The molecular weight excluding hydrogens is 708 g/mol. The molecule has 0 radical (unpaired) electrons. The van der Waals surface area contributed by atoms with Crippen molar-refractivity contribution in [3.05, 3.63) is 52.0 Å². The number of alkyl carbamates (subject to hydrolysis) is 1. The van der Waals surface area contributed by atoms with Crippen LogP contribution in [0.5, 0.6) is 0 Å². The van der Waals surface area contributed by atoms with Crippen molar-refractivity contribution >= 4 is 39.9 Å². The van der Waals surface area contributed by atoms with Crippen molar-refractivity contribution in [2.24, 2.45) is 5.92 Å². The predicted molar refractivity (Wildman–Crippen MR) is 181 cm³/mol. The van der Waals surface area contributed by atoms with Gasteiger partial charge in [0.25, 0.3) is 0 Å². The maximum Gasteiger partial charge on any atom is 1.00 e. The van der Waals surface area contributed by atoms with Gasteiger partial charge >= 0.3 is 41.7 Å². The fourth-order valence-corrected chi connectivity index (χ4v) is 8.24. The number of ether oxygens (including phenoxy) is 2. The molecule has 1 aromatic rings. The summed E-state index contributed by atoms with van der Waals surface area (Å²) in [7, 11) is -4.04. The van der Waals surface area contributed by atoms with Crippen LogP contribution in [0, 0.1) is 11.7 Å². The Morgan fingerprint density at radius 2 is 1.83 bits per heavy atom. The number of hydrogen-bond donors (Lipinski definition) is 2. The van der Waals surface area contributed by atoms with E-state index in [0.717, 1.165) is 6.42 Å². The fraction of sp³-hybridized carbons (Fsp3) is 0.629. The third kappa shape index (κ3) is 9.11. The second kappa shape index (κ2) is 15.6. The number of halogens is 1. The zero-order valence-electron chi connectivity index (χ0n) is 30.1. The number of benzene rings is 1. The van der Waals surface area contributed by atoms with Gasteiger partial charge < -0.3 is 34.5 Å². The van der Waals surface area contributed by atoms with Gasteiger partial charge in [-0.05, 0) is 70.9 Å². The molecule has 0 spiro atoms. The molecule has 17 heteroatoms. The third-order valence-corrected chi connectivity index (χ3v) is 11.7. The summed E-state index contributed by atoms with van der Waals surface area (Å²) in [5.74, 6) is -3.25. The molecule has 3 fully saturated rings. The van der Waals surface area contributed by atoms with Crippen LogP contribution < -0.4 is 40.2 Å². The van der Waals surface area contributed by atoms with Crippen LogP contribution in [0.15, 0.2) is 30.4 Å². The first kappa shape index (κ1) is 40.0. The van der Waals surface area contributed by atoms with E-state index in [2.05, 4.69) is 15.4 Å². The predicted octanol–water partition coefficient (Wildman–Crippen LogP) is 0.932. The van der Waals surface area contributed by atoms with Gasteiger partial charge in [0.05, 0.1) is 34.6 Å². The van der Waals surface area contributed by atoms with Crippen molar-refractivity contribution in [2.45, 2.75) is 126 Å². The summed E-state index contributed by atoms with van der Waals surface area (Å²) in [4.78, 5) is 70.7. The van der Waals surface area contributed by atoms with Crippen LogP contribution in [-0.4, -0.2) is 89.2 Å². The van der Waals surface area contributed by atoms with Gasteiger partial charge in [0.1, 0.15) is 29.6 Å². The topological polar surface area (TPSA) is 183 Å². The Bertz CT molecular complexity index is 1730. The number of sulfonamides is 1. The molecule has 0 bridgehead atoms. The largest absolute Gasteiger partial charge is 1.00 e. The number of rotatable bonds is 5. The van der Waals surface area contributed by atoms with Crippen LogP contribution in [0.1, 0.15) is 89.7 Å². The Morgan fingerprint density at radius 3 is 2.52 bits per heavy atom. The average Bonchev–Trinajstić information content (AvgIpc) is 3.93. The van der Waals surface area contributed by atoms with E-state index in [1.807, 2.05) is 6.08 Å². The second-order valence-electron chi connectivity index (χ2n) is 15.1. The van der Waals surface area contributed by atoms with E-state index in [1.165, 1.54) is 15.9 Å². The molecule has 0 aromatic heterocycles. The molecule has 52 heavy (non-hydrogen) atoms. The molecule has 3 heterocycles. The molecule has 3 aliphatic heterocycles. The number of fused-ring (bicyclic) bond motifs is 3. The van der Waals surface area contributed by atoms with E-state index in [9.17, 15) is 36.8 Å². The Hall–Kier alpha value is -3.21. The Kier molecular flexibility index (Phi) is 12.0. The van der Waals surface area contributed by atoms with E-state index < -0.39 is 86.2 Å². The molecule has 1 saturated heterocycles. The SMILES string of the molecule is CC(C)(C)OC(=O)NC1CCCCC/C=C\C2CC2(C(=O)[N-]S(=O)(=O)C2CC2)NC(=O)C2CC(OC(=O)N3Cc4cccc(F)c4C3)CN2C1=O.[Na+]. The van der Waals surface area contributed by atoms with Gasteiger partial charge in [-0.25, -0.2) is 22.4 Å². The zero-order chi connectivity index (χ0) is 36.7. The number of carbonyl (C=O) groups is 5. The monoisotopic (exact) mass is 753 g/mol. The van der Waals surface area contributed by atoms with Gasteiger partial charge in [-0.3, -0.25) is 14.5 Å². The van der Waals surface area contributed by atoms with Gasteiger partial charge in [0.15, 0.2) is 0 Å². The number of nitrogens with zero attached hydrogens (tertiary/aromatic N) is 3. The third-order valence-electron chi connectivity index (χ3n) is 9.92. The van der Waals surface area contributed by atoms with Gasteiger partial charge in [-0.1, -0.05) is 37.1 Å². The summed E-state index contributed by atoms with van der Waals surface area (Å²) in [6.45, 7) is 4.99. The van der Waals surface area contributed by atoms with E-state index >= 15 is 0 Å². The molecule has 5 atom stereocenters. The van der Waals surface area contributed by atoms with Crippen LogP contribution in [0.3, 0.4) is 0 Å². The molecule has 2 N–H and O–H groups in total. The molecule has 14 nitrogen and oxygen atoms in total. The quantitative estimate of drug-likeness (QED) is 0.327. The standard InChI is InChI=1S/C35H46FN5O9S.Na/c1-34(2,3)50-32(45)37-27-13-8-6-4-5-7-11-22-17-35(22,31(44)39-51(47,48)24-14-15-24)38-29(42)28-16-23(19-41(28)30(27)43)49-33(46)40-18-21-10-9-12-26(36)25(21)20-40;/h7,9-12,22-24,27-28H,4-6,8,13-20H2,1-3H3,(H3,37,38,39,42,44,45);/q;+1/p-1/b11-7-;. The smallest absolute Gasteiger partial charge is 0.544 e. The number of carbonyl (C=O) groups excluding carboxylic acids is 5. The van der Waals surface area contributed by atoms with E-state index in [1.54, 1.807) is 39.0 Å². The first-order valence-corrected chi connectivity index (χ1v) is 19.1. The van der Waals surface area contributed by atoms with Crippen LogP contribution in [0.25, 0.3) is 4.72 Å². The van der Waals surface area contributed by atoms with E-state index in [0.29, 0.717) is 43.2 Å². The summed E-state index contributed by atoms with van der Waals surface area (Å²) in [6.07, 6.45) is 4.91. The Morgan fingerprint density at radius 1 is 1.08 bits per heavy atom. The van der Waals surface area contributed by atoms with Crippen molar-refractivity contribution in [1.82, 2.24) is 20.4 Å². The number of allylic oxidation sites excluding steroid dienone is 1. The number of amides is 5. The molecule has 278 valence electrons. The molecule has 2 aliphatic carbocycles. The van der Waals surface area contributed by atoms with Crippen LogP contribution in [0.4, 0.5) is 14.0 Å². The first-order chi connectivity index (χ1) is 24.1. The summed E-state index contributed by atoms with van der Waals surface area (Å²) in [5.41, 5.74) is -1.42. The van der Waals surface area contributed by atoms with Crippen molar-refractivity contribution < 1.29 is 75.8 Å². The van der Waals surface area contributed by atoms with Crippen LogP contribution >= 0.6 is 0 Å². The normalized spacial score (nSPS) is 28.4. The molecule has 6 rings (SSSR count). The maximum absolute atomic E-state index is 14.4. The van der Waals surface area contributed by atoms with Gasteiger partial charge in [-0.2, -0.15) is 0 Å². The van der Waals surface area contributed by atoms with Gasteiger partial charge in [0.2, 0.25) is 11.8 Å². The minimum Gasteiger partial charge on any atom is -0.544 e. The average molecular weight is 754 g/mol. The van der Waals surface area contributed by atoms with Gasteiger partial charge in [0, 0.05) is 29.7 Å². The van der Waals surface area contributed by atoms with Crippen molar-refractivity contribution in [3.63, 3.8) is 0 Å². The van der Waals surface area contributed by atoms with Crippen LogP contribution in [-0.2, 0) is 47.0 Å². The summed E-state index contributed by atoms with van der Waals surface area (Å²) < 4.78 is 54.6. The summed E-state index contributed by atoms with van der Waals surface area (Å²) in [6, 6.07) is 2.27. The van der Waals surface area contributed by atoms with Crippen molar-refractivity contribution in [2.75, 3.05) is 6.54 Å². The molecular formula is C35H45FN5NaO9S. The molecule has 2 saturated carbocycles. The second-order valence-corrected chi connectivity index (χ2v) is 17.0. The fourth-order valence-electron chi connectivity index (χ4n) is 6.96. The number of hydrogen-bond acceptors (Lipinski definition) is 9. The van der Waals surface area contributed by atoms with Crippen molar-refractivity contribution in [3.8, 4) is 0 Å². The zero-order valence-corrected chi connectivity index (χ0v) is 32.9. The Balaban J connectivity index is 0.00000523. The van der Waals surface area contributed by atoms with Gasteiger partial charge in [-0.15, -0.1) is 0 Å². The van der Waals surface area contributed by atoms with E-state index in [4.69, 9.17) is 9.47 Å². The molecule has 5 amide bonds. The van der Waals surface area contributed by atoms with Crippen LogP contribution in [0.2, 0.25) is 0 Å². The minimum absolute atomic E-state index is 0. The van der Waals surface area contributed by atoms with Crippen molar-refractivity contribution in [1.29, 1.82) is 0 Å². The first-order valence-electron chi connectivity index (χ1n) is 17.6.